The molecule has 0 radical (unpaired) electrons. The molecule has 0 amide bonds. The van der Waals surface area contributed by atoms with Crippen molar-refractivity contribution < 1.29 is 0 Å². The summed E-state index contributed by atoms with van der Waals surface area (Å²) in [5, 5.41) is 1.47. The fourth-order valence-corrected chi connectivity index (χ4v) is 3.50. The van der Waals surface area contributed by atoms with Gasteiger partial charge in [-0.15, -0.1) is 0 Å². The molecule has 1 aliphatic carbocycles. The molecule has 2 heteroatoms. The monoisotopic (exact) mass is 238 g/mol. The summed E-state index contributed by atoms with van der Waals surface area (Å²) in [5.74, 6) is 0. The Morgan fingerprint density at radius 3 is 3.06 bits per heavy atom. The van der Waals surface area contributed by atoms with E-state index in [4.69, 9.17) is 4.99 Å². The van der Waals surface area contributed by atoms with Crippen LogP contribution in [0.5, 0.6) is 0 Å². The molecule has 4 rings (SSSR count). The third-order valence-corrected chi connectivity index (χ3v) is 4.28. The summed E-state index contributed by atoms with van der Waals surface area (Å²) >= 11 is 0. The summed E-state index contributed by atoms with van der Waals surface area (Å²) in [6, 6.07) is 6.89. The van der Waals surface area contributed by atoms with Gasteiger partial charge in [0.05, 0.1) is 11.4 Å². The second-order valence-electron chi connectivity index (χ2n) is 5.53. The molecule has 0 bridgehead atoms. The molecule has 0 atom stereocenters. The zero-order valence-corrected chi connectivity index (χ0v) is 10.9. The molecule has 0 N–H and O–H groups in total. The van der Waals surface area contributed by atoms with Gasteiger partial charge in [0.1, 0.15) is 0 Å². The lowest BCUT2D eigenvalue weighted by molar-refractivity contribution is 0.677. The number of benzene rings is 1. The highest BCUT2D eigenvalue weighted by atomic mass is 15.0. The van der Waals surface area contributed by atoms with E-state index < -0.39 is 0 Å². The molecule has 2 heterocycles. The van der Waals surface area contributed by atoms with E-state index in [0.717, 1.165) is 13.1 Å². The summed E-state index contributed by atoms with van der Waals surface area (Å²) in [5.41, 5.74) is 7.16. The molecule has 2 aliphatic rings. The van der Waals surface area contributed by atoms with Crippen molar-refractivity contribution in [3.8, 4) is 0 Å². The van der Waals surface area contributed by atoms with E-state index in [2.05, 4.69) is 29.7 Å². The fourth-order valence-electron chi connectivity index (χ4n) is 3.50. The number of nitrogens with zero attached hydrogens (tertiary/aromatic N) is 2. The van der Waals surface area contributed by atoms with Crippen molar-refractivity contribution in [2.45, 2.75) is 39.2 Å². The Balaban J connectivity index is 2.13. The minimum Gasteiger partial charge on any atom is -0.339 e. The van der Waals surface area contributed by atoms with Gasteiger partial charge >= 0.3 is 0 Å². The molecule has 0 saturated carbocycles. The van der Waals surface area contributed by atoms with Crippen molar-refractivity contribution in [1.29, 1.82) is 0 Å². The van der Waals surface area contributed by atoms with Crippen LogP contribution < -0.4 is 0 Å². The lowest BCUT2D eigenvalue weighted by Crippen LogP contribution is -2.14. The van der Waals surface area contributed by atoms with E-state index in [1.54, 1.807) is 5.56 Å². The average Bonchev–Trinajstić information content (AvgIpc) is 2.56. The number of aryl methyl sites for hydroxylation is 3. The number of rotatable bonds is 0. The maximum absolute atomic E-state index is 4.81. The van der Waals surface area contributed by atoms with E-state index in [-0.39, 0.29) is 0 Å². The van der Waals surface area contributed by atoms with Crippen LogP contribution in [0.4, 0.5) is 0 Å². The Morgan fingerprint density at radius 1 is 1.17 bits per heavy atom. The van der Waals surface area contributed by atoms with Crippen LogP contribution in [0.1, 0.15) is 36.1 Å². The average molecular weight is 238 g/mol. The first-order valence-corrected chi connectivity index (χ1v) is 7.00. The van der Waals surface area contributed by atoms with Crippen LogP contribution in [0.25, 0.3) is 10.9 Å². The number of aliphatic imine (C=N–C) groups is 1. The summed E-state index contributed by atoms with van der Waals surface area (Å²) in [6.07, 6.45) is 4.83. The topological polar surface area (TPSA) is 17.3 Å². The van der Waals surface area contributed by atoms with Crippen molar-refractivity contribution in [3.63, 3.8) is 0 Å². The highest BCUT2D eigenvalue weighted by Gasteiger charge is 2.25. The van der Waals surface area contributed by atoms with Crippen LogP contribution in [0.3, 0.4) is 0 Å². The molecule has 1 aliphatic heterocycles. The number of aromatic nitrogens is 1. The first-order chi connectivity index (χ1) is 8.84. The first kappa shape index (κ1) is 10.4. The van der Waals surface area contributed by atoms with Crippen molar-refractivity contribution >= 4 is 16.6 Å². The summed E-state index contributed by atoms with van der Waals surface area (Å²) in [4.78, 5) is 4.81. The van der Waals surface area contributed by atoms with Crippen LogP contribution >= 0.6 is 0 Å². The molecular weight excluding hydrogens is 220 g/mol. The van der Waals surface area contributed by atoms with Gasteiger partial charge in [-0.05, 0) is 50.3 Å². The lowest BCUT2D eigenvalue weighted by atomic mass is 9.93. The van der Waals surface area contributed by atoms with Gasteiger partial charge in [0, 0.05) is 24.0 Å². The Hall–Kier alpha value is -1.57. The number of fused-ring (bicyclic) bond motifs is 3. The van der Waals surface area contributed by atoms with Gasteiger partial charge in [0.15, 0.2) is 0 Å². The minimum absolute atomic E-state index is 1.00. The Kier molecular flexibility index (Phi) is 2.14. The molecule has 0 saturated heterocycles. The predicted octanol–water partition coefficient (Wildman–Crippen LogP) is 3.48. The molecule has 18 heavy (non-hydrogen) atoms. The summed E-state index contributed by atoms with van der Waals surface area (Å²) in [7, 11) is 0. The van der Waals surface area contributed by atoms with Gasteiger partial charge in [-0.1, -0.05) is 11.6 Å². The van der Waals surface area contributed by atoms with Gasteiger partial charge in [-0.2, -0.15) is 0 Å². The van der Waals surface area contributed by atoms with Gasteiger partial charge < -0.3 is 4.57 Å². The third-order valence-electron chi connectivity index (χ3n) is 4.28. The smallest absolute Gasteiger partial charge is 0.0664 e. The van der Waals surface area contributed by atoms with E-state index in [0.29, 0.717) is 0 Å². The number of hydrogen-bond donors (Lipinski definition) is 0. The maximum Gasteiger partial charge on any atom is 0.0664 e. The van der Waals surface area contributed by atoms with Crippen LogP contribution in [-0.4, -0.2) is 16.8 Å². The summed E-state index contributed by atoms with van der Waals surface area (Å²) in [6.45, 7) is 4.32. The Labute approximate surface area is 107 Å². The standard InChI is InChI=1S/C16H18N2/c1-11-6-7-15-13(10-11)12-4-2-5-14-16(12)18(15)9-3-8-17-14/h6-7,10H,2-5,8-9H2,1H3. The molecule has 2 nitrogen and oxygen atoms in total. The second kappa shape index (κ2) is 3.71. The minimum atomic E-state index is 1.00. The first-order valence-electron chi connectivity index (χ1n) is 7.00. The molecule has 0 fully saturated rings. The van der Waals surface area contributed by atoms with E-state index in [1.165, 1.54) is 53.6 Å². The van der Waals surface area contributed by atoms with Gasteiger partial charge in [-0.25, -0.2) is 0 Å². The van der Waals surface area contributed by atoms with Crippen molar-refractivity contribution in [3.05, 3.63) is 35.0 Å². The van der Waals surface area contributed by atoms with Gasteiger partial charge in [0.2, 0.25) is 0 Å². The Morgan fingerprint density at radius 2 is 2.11 bits per heavy atom. The number of hydrogen-bond acceptors (Lipinski definition) is 1. The lowest BCUT2D eigenvalue weighted by Gasteiger charge is -2.16. The largest absolute Gasteiger partial charge is 0.339 e. The maximum atomic E-state index is 4.81. The van der Waals surface area contributed by atoms with Gasteiger partial charge in [0.25, 0.3) is 0 Å². The van der Waals surface area contributed by atoms with Crippen LogP contribution in [0.2, 0.25) is 0 Å². The quantitative estimate of drug-likeness (QED) is 0.668. The van der Waals surface area contributed by atoms with Crippen LogP contribution in [0.15, 0.2) is 23.2 Å². The highest BCUT2D eigenvalue weighted by Crippen LogP contribution is 2.34. The molecule has 0 unspecified atom stereocenters. The molecule has 2 aromatic rings. The van der Waals surface area contributed by atoms with E-state index in [1.807, 2.05) is 0 Å². The van der Waals surface area contributed by atoms with Crippen molar-refractivity contribution in [2.24, 2.45) is 4.99 Å². The molecule has 1 aromatic heterocycles. The highest BCUT2D eigenvalue weighted by molar-refractivity contribution is 6.07. The second-order valence-corrected chi connectivity index (χ2v) is 5.53. The fraction of sp³-hybridized carbons (Fsp3) is 0.438. The zero-order chi connectivity index (χ0) is 12.1. The summed E-state index contributed by atoms with van der Waals surface area (Å²) < 4.78 is 2.52. The Bertz CT molecular complexity index is 661. The molecular formula is C16H18N2. The van der Waals surface area contributed by atoms with Crippen LogP contribution in [0, 0.1) is 6.92 Å². The predicted molar refractivity (Wildman–Crippen MR) is 75.6 cm³/mol. The van der Waals surface area contributed by atoms with Crippen LogP contribution in [-0.2, 0) is 13.0 Å². The molecule has 1 aromatic carbocycles. The van der Waals surface area contributed by atoms with Gasteiger partial charge in [-0.3, -0.25) is 4.99 Å². The molecule has 92 valence electrons. The third kappa shape index (κ3) is 1.32. The van der Waals surface area contributed by atoms with Crippen molar-refractivity contribution in [2.75, 3.05) is 6.54 Å². The molecule has 0 spiro atoms. The van der Waals surface area contributed by atoms with Crippen molar-refractivity contribution in [1.82, 2.24) is 4.57 Å². The SMILES string of the molecule is Cc1ccc2c(c1)c1c3n2CCCN=C3CCC1. The van der Waals surface area contributed by atoms with E-state index in [9.17, 15) is 0 Å². The zero-order valence-electron chi connectivity index (χ0n) is 10.9. The normalized spacial score (nSPS) is 18.4. The van der Waals surface area contributed by atoms with E-state index >= 15 is 0 Å².